The van der Waals surface area contributed by atoms with Gasteiger partial charge in [-0.25, -0.2) is 0 Å². The highest BCUT2D eigenvalue weighted by molar-refractivity contribution is 5.77. The third-order valence-electron chi connectivity index (χ3n) is 3.14. The molecule has 1 atom stereocenters. The van der Waals surface area contributed by atoms with Crippen LogP contribution in [0.1, 0.15) is 18.0 Å². The number of nitrogens with two attached hydrogens (primary N) is 1. The van der Waals surface area contributed by atoms with Gasteiger partial charge in [0.1, 0.15) is 13.2 Å². The minimum absolute atomic E-state index is 0.0315. The van der Waals surface area contributed by atoms with E-state index in [1.165, 1.54) is 11.1 Å². The van der Waals surface area contributed by atoms with Crippen LogP contribution in [0.15, 0.2) is 6.20 Å². The Morgan fingerprint density at radius 2 is 2.35 bits per heavy atom. The molecule has 3 N–H and O–H groups in total. The van der Waals surface area contributed by atoms with Gasteiger partial charge in [0, 0.05) is 19.0 Å². The zero-order valence-corrected chi connectivity index (χ0v) is 10.6. The molecule has 1 saturated heterocycles. The number of nitrogens with zero attached hydrogens (tertiary/aromatic N) is 2. The Bertz CT molecular complexity index is 474. The van der Waals surface area contributed by atoms with E-state index >= 15 is 0 Å². The maximum atomic E-state index is 11.9. The number of H-pyrrole nitrogens is 1. The minimum atomic E-state index is -4.42. The summed E-state index contributed by atoms with van der Waals surface area (Å²) in [5, 5.41) is 6.59. The number of alkyl halides is 3. The highest BCUT2D eigenvalue weighted by Gasteiger charge is 2.31. The third kappa shape index (κ3) is 3.62. The quantitative estimate of drug-likeness (QED) is 0.863. The predicted octanol–water partition coefficient (Wildman–Crippen LogP) is 0.887. The van der Waals surface area contributed by atoms with Crippen LogP contribution >= 0.6 is 0 Å². The molecule has 1 fully saturated rings. The number of hydrogen-bond acceptors (Lipinski definition) is 4. The fourth-order valence-corrected chi connectivity index (χ4v) is 2.20. The lowest BCUT2D eigenvalue weighted by atomic mass is 10.0. The Hall–Kier alpha value is -1.77. The van der Waals surface area contributed by atoms with Crippen LogP contribution < -0.4 is 5.73 Å². The molecule has 2 heterocycles. The average molecular weight is 292 g/mol. The van der Waals surface area contributed by atoms with Gasteiger partial charge in [-0.05, 0) is 6.42 Å². The third-order valence-corrected chi connectivity index (χ3v) is 3.14. The average Bonchev–Trinajstić information content (AvgIpc) is 2.95. The molecular weight excluding hydrogens is 277 g/mol. The molecule has 9 heteroatoms. The molecule has 1 aromatic heterocycles. The number of carbonyl (C=O) groups is 1. The minimum Gasteiger partial charge on any atom is -0.396 e. The van der Waals surface area contributed by atoms with Gasteiger partial charge in [0.15, 0.2) is 0 Å². The number of nitrogen functional groups attached to an aromatic ring is 1. The Kier molecular flexibility index (Phi) is 4.17. The number of likely N-dealkylation sites (tertiary alicyclic amines) is 1. The summed E-state index contributed by atoms with van der Waals surface area (Å²) in [6.45, 7) is -1.11. The number of halogens is 3. The lowest BCUT2D eigenvalue weighted by molar-refractivity contribution is -0.177. The smallest absolute Gasteiger partial charge is 0.396 e. The summed E-state index contributed by atoms with van der Waals surface area (Å²) >= 11 is 0. The van der Waals surface area contributed by atoms with Gasteiger partial charge < -0.3 is 15.4 Å². The van der Waals surface area contributed by atoms with Crippen molar-refractivity contribution in [2.45, 2.75) is 18.5 Å². The molecule has 1 unspecified atom stereocenters. The molecule has 0 aliphatic carbocycles. The molecule has 0 saturated carbocycles. The van der Waals surface area contributed by atoms with E-state index in [-0.39, 0.29) is 5.92 Å². The van der Waals surface area contributed by atoms with Crippen molar-refractivity contribution in [2.75, 3.05) is 32.0 Å². The van der Waals surface area contributed by atoms with Gasteiger partial charge >= 0.3 is 6.18 Å². The Morgan fingerprint density at radius 1 is 1.60 bits per heavy atom. The van der Waals surface area contributed by atoms with Gasteiger partial charge in [0.05, 0.1) is 17.6 Å². The van der Waals surface area contributed by atoms with Crippen LogP contribution in [0, 0.1) is 0 Å². The van der Waals surface area contributed by atoms with Gasteiger partial charge in [0.2, 0.25) is 5.91 Å². The summed E-state index contributed by atoms with van der Waals surface area (Å²) < 4.78 is 40.1. The number of aromatic nitrogens is 2. The predicted molar refractivity (Wildman–Crippen MR) is 63.8 cm³/mol. The molecule has 1 aromatic rings. The van der Waals surface area contributed by atoms with Crippen LogP contribution in [0.5, 0.6) is 0 Å². The maximum absolute atomic E-state index is 11.9. The first-order valence-corrected chi connectivity index (χ1v) is 6.08. The highest BCUT2D eigenvalue weighted by Crippen LogP contribution is 2.29. The Morgan fingerprint density at radius 3 is 2.95 bits per heavy atom. The van der Waals surface area contributed by atoms with Crippen molar-refractivity contribution >= 4 is 11.6 Å². The summed E-state index contributed by atoms with van der Waals surface area (Å²) in [5.74, 6) is -0.418. The molecule has 6 nitrogen and oxygen atoms in total. The lowest BCUT2D eigenvalue weighted by Crippen LogP contribution is -2.33. The van der Waals surface area contributed by atoms with Crippen LogP contribution in [-0.2, 0) is 9.53 Å². The molecular formula is C11H15F3N4O2. The number of amides is 1. The van der Waals surface area contributed by atoms with Gasteiger partial charge in [-0.3, -0.25) is 9.89 Å². The van der Waals surface area contributed by atoms with Crippen molar-refractivity contribution in [3.05, 3.63) is 11.9 Å². The van der Waals surface area contributed by atoms with Crippen LogP contribution in [0.2, 0.25) is 0 Å². The Labute approximate surface area is 113 Å². The Balaban J connectivity index is 1.81. The van der Waals surface area contributed by atoms with E-state index in [9.17, 15) is 18.0 Å². The van der Waals surface area contributed by atoms with Gasteiger partial charge in [-0.1, -0.05) is 0 Å². The highest BCUT2D eigenvalue weighted by atomic mass is 19.4. The molecule has 0 aromatic carbocycles. The van der Waals surface area contributed by atoms with Crippen molar-refractivity contribution in [3.8, 4) is 0 Å². The molecule has 1 aliphatic heterocycles. The van der Waals surface area contributed by atoms with Gasteiger partial charge in [-0.2, -0.15) is 18.3 Å². The van der Waals surface area contributed by atoms with Gasteiger partial charge in [0.25, 0.3) is 0 Å². The molecule has 0 bridgehead atoms. The number of aromatic amines is 1. The van der Waals surface area contributed by atoms with Crippen molar-refractivity contribution in [1.82, 2.24) is 15.1 Å². The zero-order chi connectivity index (χ0) is 14.8. The number of anilines is 1. The van der Waals surface area contributed by atoms with E-state index in [0.717, 1.165) is 5.69 Å². The fraction of sp³-hybridized carbons (Fsp3) is 0.636. The summed E-state index contributed by atoms with van der Waals surface area (Å²) in [6.07, 6.45) is -2.23. The number of hydrogen-bond donors (Lipinski definition) is 2. The molecule has 112 valence electrons. The monoisotopic (exact) mass is 292 g/mol. The second kappa shape index (κ2) is 5.70. The summed E-state index contributed by atoms with van der Waals surface area (Å²) in [6, 6.07) is 0. The van der Waals surface area contributed by atoms with Crippen LogP contribution in [0.3, 0.4) is 0 Å². The first-order valence-electron chi connectivity index (χ1n) is 6.08. The van der Waals surface area contributed by atoms with Crippen LogP contribution in [0.4, 0.5) is 18.9 Å². The topological polar surface area (TPSA) is 84.2 Å². The molecule has 0 spiro atoms. The van der Waals surface area contributed by atoms with Gasteiger partial charge in [-0.15, -0.1) is 0 Å². The molecule has 2 rings (SSSR count). The standard InChI is InChI=1S/C11H15F3N4O2/c12-11(13,14)6-20-5-9(19)18-2-1-7(4-18)10-8(15)3-16-17-10/h3,7H,1-2,4-6,15H2,(H,16,17). The van der Waals surface area contributed by atoms with E-state index in [2.05, 4.69) is 14.9 Å². The van der Waals surface area contributed by atoms with E-state index in [1.807, 2.05) is 0 Å². The lowest BCUT2D eigenvalue weighted by Gasteiger charge is -2.16. The second-order valence-corrected chi connectivity index (χ2v) is 4.67. The van der Waals surface area contributed by atoms with Crippen LogP contribution in [0.25, 0.3) is 0 Å². The van der Waals surface area contributed by atoms with Crippen molar-refractivity contribution in [3.63, 3.8) is 0 Å². The summed E-state index contributed by atoms with van der Waals surface area (Å²) in [4.78, 5) is 13.2. The summed E-state index contributed by atoms with van der Waals surface area (Å²) in [5.41, 5.74) is 7.01. The second-order valence-electron chi connectivity index (χ2n) is 4.67. The number of rotatable bonds is 4. The largest absolute Gasteiger partial charge is 0.411 e. The first kappa shape index (κ1) is 14.6. The first-order chi connectivity index (χ1) is 9.37. The zero-order valence-electron chi connectivity index (χ0n) is 10.6. The van der Waals surface area contributed by atoms with Crippen molar-refractivity contribution < 1.29 is 22.7 Å². The SMILES string of the molecule is Nc1cn[nH]c1C1CCN(C(=O)COCC(F)(F)F)C1. The normalized spacial score (nSPS) is 19.6. The van der Waals surface area contributed by atoms with E-state index < -0.39 is 25.3 Å². The molecule has 1 aliphatic rings. The van der Waals surface area contributed by atoms with Crippen molar-refractivity contribution in [1.29, 1.82) is 0 Å². The van der Waals surface area contributed by atoms with E-state index in [0.29, 0.717) is 25.2 Å². The van der Waals surface area contributed by atoms with Crippen molar-refractivity contribution in [2.24, 2.45) is 0 Å². The number of carbonyl (C=O) groups excluding carboxylic acids is 1. The van der Waals surface area contributed by atoms with E-state index in [1.54, 1.807) is 0 Å². The molecule has 0 radical (unpaired) electrons. The van der Waals surface area contributed by atoms with Crippen LogP contribution in [-0.4, -0.2) is 53.5 Å². The number of ether oxygens (including phenoxy) is 1. The molecule has 20 heavy (non-hydrogen) atoms. The fourth-order valence-electron chi connectivity index (χ4n) is 2.20. The maximum Gasteiger partial charge on any atom is 0.411 e. The molecule has 1 amide bonds. The van der Waals surface area contributed by atoms with E-state index in [4.69, 9.17) is 5.73 Å². The number of nitrogens with one attached hydrogen (secondary N) is 1. The summed E-state index contributed by atoms with van der Waals surface area (Å²) in [7, 11) is 0.